The molecule has 2 aromatic heterocycles. The predicted octanol–water partition coefficient (Wildman–Crippen LogP) is 3.72. The van der Waals surface area contributed by atoms with Gasteiger partial charge >= 0.3 is 0 Å². The number of aromatic nitrogens is 4. The molecule has 7 nitrogen and oxygen atoms in total. The normalized spacial score (nSPS) is 15.8. The topological polar surface area (TPSA) is 82.1 Å². The Morgan fingerprint density at radius 3 is 2.50 bits per heavy atom. The van der Waals surface area contributed by atoms with E-state index in [1.54, 1.807) is 6.33 Å². The third-order valence-electron chi connectivity index (χ3n) is 6.15. The number of hydrogen-bond acceptors (Lipinski definition) is 6. The summed E-state index contributed by atoms with van der Waals surface area (Å²) < 4.78 is 0. The van der Waals surface area contributed by atoms with Crippen LogP contribution in [0.15, 0.2) is 96.5 Å². The zero-order chi connectivity index (χ0) is 22.9. The number of fused-ring (bicyclic) bond motifs is 2. The number of hydrogen-bond donors (Lipinski definition) is 2. The van der Waals surface area contributed by atoms with Gasteiger partial charge in [-0.3, -0.25) is 4.99 Å². The number of H-pyrrole nitrogens is 1. The van der Waals surface area contributed by atoms with Crippen molar-refractivity contribution < 1.29 is 0 Å². The summed E-state index contributed by atoms with van der Waals surface area (Å²) in [5, 5.41) is 5.77. The molecule has 1 aliphatic heterocycles. The van der Waals surface area contributed by atoms with E-state index in [0.29, 0.717) is 11.5 Å². The van der Waals surface area contributed by atoms with Crippen molar-refractivity contribution in [2.75, 3.05) is 10.2 Å². The number of aromatic amines is 1. The van der Waals surface area contributed by atoms with Gasteiger partial charge in [-0.15, -0.1) is 0 Å². The molecule has 0 fully saturated rings. The van der Waals surface area contributed by atoms with Gasteiger partial charge in [0, 0.05) is 17.1 Å². The highest BCUT2D eigenvalue weighted by atomic mass is 15.3. The van der Waals surface area contributed by atoms with Crippen molar-refractivity contribution in [3.8, 4) is 0 Å². The fourth-order valence-electron chi connectivity index (χ4n) is 4.44. The Hall–Kier alpha value is -4.52. The van der Waals surface area contributed by atoms with Crippen LogP contribution in [-0.4, -0.2) is 26.1 Å². The first-order chi connectivity index (χ1) is 16.8. The summed E-state index contributed by atoms with van der Waals surface area (Å²) >= 11 is 0. The first-order valence-electron chi connectivity index (χ1n) is 11.2. The molecule has 1 aliphatic rings. The van der Waals surface area contributed by atoms with Gasteiger partial charge < -0.3 is 15.2 Å². The molecule has 3 aromatic carbocycles. The lowest BCUT2D eigenvalue weighted by molar-refractivity contribution is 0.572. The SMILES string of the molecule is Cc1cccc2c1=CN(c1ccccc1)C(C(Nc1ncnc3nc[nH]c13)c1ccccc1)N=2. The molecule has 0 aliphatic carbocycles. The standard InChI is InChI=1S/C27H23N7/c1-18-9-8-14-22-21(18)15-34(20-12-6-3-7-13-20)27(32-22)23(19-10-4-2-5-11-19)33-26-24-25(29-16-28-24)30-17-31-26/h2-17,23,27H,1H3,(H2,28,29,30,31,33). The molecule has 0 radical (unpaired) electrons. The van der Waals surface area contributed by atoms with Crippen molar-refractivity contribution >= 4 is 28.9 Å². The molecule has 166 valence electrons. The average Bonchev–Trinajstić information content (AvgIpc) is 3.38. The minimum atomic E-state index is -0.257. The Morgan fingerprint density at radius 1 is 0.882 bits per heavy atom. The van der Waals surface area contributed by atoms with Gasteiger partial charge in [0.25, 0.3) is 0 Å². The number of benzene rings is 3. The number of nitrogens with one attached hydrogen (secondary N) is 2. The van der Waals surface area contributed by atoms with E-state index in [1.165, 1.54) is 11.9 Å². The second kappa shape index (κ2) is 8.44. The number of nitrogens with zero attached hydrogens (tertiary/aromatic N) is 5. The largest absolute Gasteiger partial charge is 0.357 e. The first-order valence-corrected chi connectivity index (χ1v) is 11.2. The second-order valence-corrected chi connectivity index (χ2v) is 8.28. The van der Waals surface area contributed by atoms with Gasteiger partial charge in [0.05, 0.1) is 17.7 Å². The van der Waals surface area contributed by atoms with Crippen molar-refractivity contribution in [3.05, 3.63) is 113 Å². The van der Waals surface area contributed by atoms with Crippen LogP contribution in [0.5, 0.6) is 0 Å². The molecule has 0 amide bonds. The van der Waals surface area contributed by atoms with Gasteiger partial charge in [0.1, 0.15) is 18.0 Å². The van der Waals surface area contributed by atoms with Crippen LogP contribution >= 0.6 is 0 Å². The quantitative estimate of drug-likeness (QED) is 0.431. The summed E-state index contributed by atoms with van der Waals surface area (Å²) in [6.07, 6.45) is 5.12. The molecule has 34 heavy (non-hydrogen) atoms. The highest BCUT2D eigenvalue weighted by Crippen LogP contribution is 2.31. The van der Waals surface area contributed by atoms with E-state index >= 15 is 0 Å². The molecule has 2 atom stereocenters. The summed E-state index contributed by atoms with van der Waals surface area (Å²) in [5.41, 5.74) is 4.76. The van der Waals surface area contributed by atoms with Gasteiger partial charge in [-0.25, -0.2) is 15.0 Å². The number of imidazole rings is 1. The minimum absolute atomic E-state index is 0.201. The van der Waals surface area contributed by atoms with Crippen molar-refractivity contribution in [1.29, 1.82) is 0 Å². The molecule has 2 unspecified atom stereocenters. The van der Waals surface area contributed by atoms with E-state index in [1.807, 2.05) is 24.3 Å². The Labute approximate surface area is 196 Å². The third-order valence-corrected chi connectivity index (χ3v) is 6.15. The molecule has 7 heteroatoms. The van der Waals surface area contributed by atoms with Crippen molar-refractivity contribution in [1.82, 2.24) is 19.9 Å². The fourth-order valence-corrected chi connectivity index (χ4v) is 4.44. The van der Waals surface area contributed by atoms with Gasteiger partial charge in [0.15, 0.2) is 11.5 Å². The second-order valence-electron chi connectivity index (χ2n) is 8.28. The Bertz CT molecular complexity index is 1560. The summed E-state index contributed by atoms with van der Waals surface area (Å²) in [6.45, 7) is 2.12. The maximum atomic E-state index is 5.27. The molecule has 2 N–H and O–H groups in total. The van der Waals surface area contributed by atoms with Crippen LogP contribution in [-0.2, 0) is 0 Å². The Morgan fingerprint density at radius 2 is 1.68 bits per heavy atom. The number of rotatable bonds is 5. The van der Waals surface area contributed by atoms with E-state index in [4.69, 9.17) is 4.99 Å². The van der Waals surface area contributed by atoms with Crippen LogP contribution in [0.2, 0.25) is 0 Å². The number of anilines is 2. The third kappa shape index (κ3) is 3.57. The minimum Gasteiger partial charge on any atom is -0.357 e. The summed E-state index contributed by atoms with van der Waals surface area (Å²) in [7, 11) is 0. The van der Waals surface area contributed by atoms with Gasteiger partial charge in [-0.1, -0.05) is 60.7 Å². The van der Waals surface area contributed by atoms with Gasteiger partial charge in [0.2, 0.25) is 0 Å². The van der Waals surface area contributed by atoms with Crippen LogP contribution in [0.4, 0.5) is 11.5 Å². The number of para-hydroxylation sites is 1. The molecule has 0 saturated heterocycles. The number of aryl methyl sites for hydroxylation is 1. The zero-order valence-electron chi connectivity index (χ0n) is 18.6. The van der Waals surface area contributed by atoms with E-state index < -0.39 is 0 Å². The lowest BCUT2D eigenvalue weighted by Crippen LogP contribution is -2.47. The highest BCUT2D eigenvalue weighted by molar-refractivity contribution is 5.82. The van der Waals surface area contributed by atoms with Crippen molar-refractivity contribution in [2.45, 2.75) is 19.1 Å². The lowest BCUT2D eigenvalue weighted by Gasteiger charge is -2.36. The first kappa shape index (κ1) is 20.1. The fraction of sp³-hybridized carbons (Fsp3) is 0.111. The molecule has 0 saturated carbocycles. The van der Waals surface area contributed by atoms with Crippen LogP contribution < -0.4 is 20.8 Å². The summed E-state index contributed by atoms with van der Waals surface area (Å²) in [6, 6.07) is 26.8. The Balaban J connectivity index is 1.54. The van der Waals surface area contributed by atoms with Crippen molar-refractivity contribution in [2.24, 2.45) is 4.99 Å². The van der Waals surface area contributed by atoms with Crippen LogP contribution in [0.3, 0.4) is 0 Å². The van der Waals surface area contributed by atoms with Gasteiger partial charge in [-0.05, 0) is 36.2 Å². The maximum Gasteiger partial charge on any atom is 0.182 e. The molecular weight excluding hydrogens is 422 g/mol. The molecule has 5 aromatic rings. The van der Waals surface area contributed by atoms with Gasteiger partial charge in [-0.2, -0.15) is 0 Å². The Kier molecular flexibility index (Phi) is 4.99. The molecule has 0 bridgehead atoms. The summed E-state index contributed by atoms with van der Waals surface area (Å²) in [5.74, 6) is 0.689. The molecule has 3 heterocycles. The summed E-state index contributed by atoms with van der Waals surface area (Å²) in [4.78, 5) is 23.8. The van der Waals surface area contributed by atoms with E-state index in [0.717, 1.165) is 27.3 Å². The smallest absolute Gasteiger partial charge is 0.182 e. The van der Waals surface area contributed by atoms with E-state index in [9.17, 15) is 0 Å². The van der Waals surface area contributed by atoms with E-state index in [-0.39, 0.29) is 12.2 Å². The zero-order valence-corrected chi connectivity index (χ0v) is 18.6. The van der Waals surface area contributed by atoms with E-state index in [2.05, 4.69) is 97.9 Å². The average molecular weight is 446 g/mol. The van der Waals surface area contributed by atoms with Crippen LogP contribution in [0, 0.1) is 6.92 Å². The molecule has 6 rings (SSSR count). The van der Waals surface area contributed by atoms with Crippen LogP contribution in [0.25, 0.3) is 17.4 Å². The van der Waals surface area contributed by atoms with Crippen molar-refractivity contribution in [3.63, 3.8) is 0 Å². The monoisotopic (exact) mass is 445 g/mol. The predicted molar refractivity (Wildman–Crippen MR) is 134 cm³/mol. The lowest BCUT2D eigenvalue weighted by atomic mass is 10.0. The molecule has 0 spiro atoms. The molecular formula is C27H23N7. The highest BCUT2D eigenvalue weighted by Gasteiger charge is 2.31. The van der Waals surface area contributed by atoms with Crippen LogP contribution in [0.1, 0.15) is 17.2 Å². The maximum absolute atomic E-state index is 5.27.